The van der Waals surface area contributed by atoms with Gasteiger partial charge in [-0.15, -0.1) is 0 Å². The lowest BCUT2D eigenvalue weighted by Gasteiger charge is -2.15. The van der Waals surface area contributed by atoms with Gasteiger partial charge in [-0.1, -0.05) is 25.0 Å². The van der Waals surface area contributed by atoms with Gasteiger partial charge in [0.25, 0.3) is 0 Å². The Hall–Kier alpha value is -1.62. The summed E-state index contributed by atoms with van der Waals surface area (Å²) in [6.07, 6.45) is 3.53. The van der Waals surface area contributed by atoms with Gasteiger partial charge in [-0.3, -0.25) is 0 Å². The fourth-order valence-electron chi connectivity index (χ4n) is 2.30. The molecule has 1 aliphatic carbocycles. The summed E-state index contributed by atoms with van der Waals surface area (Å²) in [6, 6.07) is 5.59. The van der Waals surface area contributed by atoms with E-state index in [2.05, 4.69) is 10.6 Å². The molecule has 1 atom stereocenters. The normalized spacial score (nSPS) is 17.2. The molecular formula is C14H19FN2O2. The fourth-order valence-corrected chi connectivity index (χ4v) is 2.30. The quantitative estimate of drug-likeness (QED) is 0.781. The summed E-state index contributed by atoms with van der Waals surface area (Å²) in [5, 5.41) is 15.4. The van der Waals surface area contributed by atoms with Crippen molar-refractivity contribution in [3.8, 4) is 0 Å². The smallest absolute Gasteiger partial charge is 0.315 e. The summed E-state index contributed by atoms with van der Waals surface area (Å²) >= 11 is 0. The predicted octanol–water partition coefficient (Wildman–Crippen LogP) is 2.10. The molecule has 3 N–H and O–H groups in total. The van der Waals surface area contributed by atoms with E-state index in [4.69, 9.17) is 0 Å². The van der Waals surface area contributed by atoms with Crippen molar-refractivity contribution >= 4 is 6.03 Å². The van der Waals surface area contributed by atoms with E-state index in [1.54, 1.807) is 0 Å². The molecule has 2 amide bonds. The Bertz CT molecular complexity index is 416. The standard InChI is InChI=1S/C14H19FN2O2/c15-11-7-5-10(6-8-11)13(18)9-16-14(19)17-12-3-1-2-4-12/h5-8,12-13,18H,1-4,9H2,(H2,16,17,19). The third-order valence-corrected chi connectivity index (χ3v) is 3.40. The van der Waals surface area contributed by atoms with E-state index in [1.807, 2.05) is 0 Å². The largest absolute Gasteiger partial charge is 0.387 e. The first-order chi connectivity index (χ1) is 9.15. The maximum Gasteiger partial charge on any atom is 0.315 e. The molecule has 0 aromatic heterocycles. The van der Waals surface area contributed by atoms with Crippen molar-refractivity contribution in [3.05, 3.63) is 35.6 Å². The number of benzene rings is 1. The van der Waals surface area contributed by atoms with Gasteiger partial charge in [-0.25, -0.2) is 9.18 Å². The van der Waals surface area contributed by atoms with Crippen LogP contribution in [0.2, 0.25) is 0 Å². The van der Waals surface area contributed by atoms with Crippen LogP contribution >= 0.6 is 0 Å². The molecule has 1 aromatic rings. The molecule has 1 fully saturated rings. The molecule has 0 bridgehead atoms. The first-order valence-corrected chi connectivity index (χ1v) is 6.63. The molecule has 0 saturated heterocycles. The van der Waals surface area contributed by atoms with E-state index in [1.165, 1.54) is 24.3 Å². The van der Waals surface area contributed by atoms with E-state index < -0.39 is 6.10 Å². The Morgan fingerprint density at radius 1 is 1.32 bits per heavy atom. The van der Waals surface area contributed by atoms with Gasteiger partial charge in [-0.05, 0) is 30.5 Å². The van der Waals surface area contributed by atoms with Crippen LogP contribution in [0.5, 0.6) is 0 Å². The van der Waals surface area contributed by atoms with Crippen LogP contribution in [0.25, 0.3) is 0 Å². The second kappa shape index (κ2) is 6.52. The number of rotatable bonds is 4. The Kier molecular flexibility index (Phi) is 4.74. The molecule has 0 spiro atoms. The Balaban J connectivity index is 1.74. The monoisotopic (exact) mass is 266 g/mol. The summed E-state index contributed by atoms with van der Waals surface area (Å²) in [7, 11) is 0. The molecule has 0 radical (unpaired) electrons. The van der Waals surface area contributed by atoms with E-state index in [0.29, 0.717) is 5.56 Å². The number of hydrogen-bond donors (Lipinski definition) is 3. The van der Waals surface area contributed by atoms with Crippen LogP contribution in [0.4, 0.5) is 9.18 Å². The van der Waals surface area contributed by atoms with Crippen molar-refractivity contribution in [2.75, 3.05) is 6.54 Å². The third-order valence-electron chi connectivity index (χ3n) is 3.40. The second-order valence-electron chi connectivity index (χ2n) is 4.90. The minimum atomic E-state index is -0.824. The molecule has 1 unspecified atom stereocenters. The van der Waals surface area contributed by atoms with Gasteiger partial charge < -0.3 is 15.7 Å². The average molecular weight is 266 g/mol. The predicted molar refractivity (Wildman–Crippen MR) is 70.2 cm³/mol. The Labute approximate surface area is 112 Å². The van der Waals surface area contributed by atoms with Gasteiger partial charge in [0.2, 0.25) is 0 Å². The van der Waals surface area contributed by atoms with Crippen LogP contribution in [-0.2, 0) is 0 Å². The SMILES string of the molecule is O=C(NCC(O)c1ccc(F)cc1)NC1CCCC1. The van der Waals surface area contributed by atoms with Gasteiger partial charge in [0, 0.05) is 12.6 Å². The number of nitrogens with one attached hydrogen (secondary N) is 2. The molecule has 104 valence electrons. The zero-order valence-electron chi connectivity index (χ0n) is 10.7. The summed E-state index contributed by atoms with van der Waals surface area (Å²) in [6.45, 7) is 0.115. The van der Waals surface area contributed by atoms with Gasteiger partial charge in [0.1, 0.15) is 5.82 Å². The lowest BCUT2D eigenvalue weighted by atomic mass is 10.1. The minimum Gasteiger partial charge on any atom is -0.387 e. The van der Waals surface area contributed by atoms with Gasteiger partial charge >= 0.3 is 6.03 Å². The molecular weight excluding hydrogens is 247 g/mol. The summed E-state index contributed by atoms with van der Waals surface area (Å²) in [4.78, 5) is 11.6. The zero-order valence-corrected chi connectivity index (χ0v) is 10.7. The lowest BCUT2D eigenvalue weighted by molar-refractivity contribution is 0.172. The van der Waals surface area contributed by atoms with E-state index in [9.17, 15) is 14.3 Å². The number of carbonyl (C=O) groups is 1. The number of aliphatic hydroxyl groups is 1. The van der Waals surface area contributed by atoms with Crippen LogP contribution in [0.3, 0.4) is 0 Å². The number of hydrogen-bond acceptors (Lipinski definition) is 2. The molecule has 4 nitrogen and oxygen atoms in total. The molecule has 1 aromatic carbocycles. The summed E-state index contributed by atoms with van der Waals surface area (Å²) in [5.41, 5.74) is 0.586. The second-order valence-corrected chi connectivity index (χ2v) is 4.90. The number of aliphatic hydroxyl groups excluding tert-OH is 1. The van der Waals surface area contributed by atoms with Crippen molar-refractivity contribution in [2.45, 2.75) is 37.8 Å². The van der Waals surface area contributed by atoms with Crippen LogP contribution in [-0.4, -0.2) is 23.7 Å². The maximum absolute atomic E-state index is 12.7. The number of halogens is 1. The molecule has 0 heterocycles. The number of urea groups is 1. The van der Waals surface area contributed by atoms with Crippen molar-refractivity contribution in [1.29, 1.82) is 0 Å². The summed E-state index contributed by atoms with van der Waals surface area (Å²) < 4.78 is 12.7. The van der Waals surface area contributed by atoms with Crippen LogP contribution in [0, 0.1) is 5.82 Å². The van der Waals surface area contributed by atoms with Crippen molar-refractivity contribution in [2.24, 2.45) is 0 Å². The van der Waals surface area contributed by atoms with Crippen LogP contribution in [0.15, 0.2) is 24.3 Å². The maximum atomic E-state index is 12.7. The van der Waals surface area contributed by atoms with E-state index in [-0.39, 0.29) is 24.4 Å². The number of carbonyl (C=O) groups excluding carboxylic acids is 1. The Morgan fingerprint density at radius 3 is 2.58 bits per heavy atom. The van der Waals surface area contributed by atoms with E-state index in [0.717, 1.165) is 25.7 Å². The topological polar surface area (TPSA) is 61.4 Å². The highest BCUT2D eigenvalue weighted by atomic mass is 19.1. The van der Waals surface area contributed by atoms with Crippen molar-refractivity contribution in [3.63, 3.8) is 0 Å². The lowest BCUT2D eigenvalue weighted by Crippen LogP contribution is -2.42. The zero-order chi connectivity index (χ0) is 13.7. The van der Waals surface area contributed by atoms with Gasteiger partial charge in [0.15, 0.2) is 0 Å². The van der Waals surface area contributed by atoms with Crippen LogP contribution in [0.1, 0.15) is 37.4 Å². The van der Waals surface area contributed by atoms with E-state index >= 15 is 0 Å². The van der Waals surface area contributed by atoms with Crippen LogP contribution < -0.4 is 10.6 Å². The highest BCUT2D eigenvalue weighted by Gasteiger charge is 2.17. The van der Waals surface area contributed by atoms with Gasteiger partial charge in [-0.2, -0.15) is 0 Å². The average Bonchev–Trinajstić information content (AvgIpc) is 2.89. The number of amides is 2. The van der Waals surface area contributed by atoms with Crippen molar-refractivity contribution in [1.82, 2.24) is 10.6 Å². The first-order valence-electron chi connectivity index (χ1n) is 6.63. The molecule has 2 rings (SSSR count). The first kappa shape index (κ1) is 13.8. The highest BCUT2D eigenvalue weighted by Crippen LogP contribution is 2.17. The Morgan fingerprint density at radius 2 is 1.95 bits per heavy atom. The third kappa shape index (κ3) is 4.21. The molecule has 5 heteroatoms. The fraction of sp³-hybridized carbons (Fsp3) is 0.500. The van der Waals surface area contributed by atoms with Gasteiger partial charge in [0.05, 0.1) is 6.10 Å². The molecule has 19 heavy (non-hydrogen) atoms. The summed E-state index contributed by atoms with van der Waals surface area (Å²) in [5.74, 6) is -0.345. The highest BCUT2D eigenvalue weighted by molar-refractivity contribution is 5.74. The van der Waals surface area contributed by atoms with Crippen molar-refractivity contribution < 1.29 is 14.3 Å². The molecule has 1 aliphatic rings. The molecule has 1 saturated carbocycles. The molecule has 0 aliphatic heterocycles. The minimum absolute atomic E-state index is 0.115.